The van der Waals surface area contributed by atoms with Gasteiger partial charge in [-0.3, -0.25) is 0 Å². The van der Waals surface area contributed by atoms with E-state index >= 15 is 4.39 Å². The molecule has 1 saturated heterocycles. The molecule has 0 bridgehead atoms. The topological polar surface area (TPSA) is 35.5 Å². The molecule has 38 heavy (non-hydrogen) atoms. The number of alkyl halides is 2. The first kappa shape index (κ1) is 29.4. The molecule has 1 aliphatic heterocycles. The van der Waals surface area contributed by atoms with Gasteiger partial charge in [0.05, 0.1) is 23.8 Å². The number of hydrogen-bond donors (Lipinski definition) is 0. The van der Waals surface area contributed by atoms with Crippen LogP contribution >= 0.6 is 0 Å². The van der Waals surface area contributed by atoms with Crippen molar-refractivity contribution in [1.82, 2.24) is 0 Å². The molecule has 0 aromatic heterocycles. The molecule has 0 radical (unpaired) electrons. The molecule has 2 saturated carbocycles. The number of ether oxygens (including phenoxy) is 2. The van der Waals surface area contributed by atoms with Crippen molar-refractivity contribution in [2.24, 2.45) is 17.8 Å². The highest BCUT2D eigenvalue weighted by Gasteiger charge is 2.35. The maximum absolute atomic E-state index is 15.5. The van der Waals surface area contributed by atoms with E-state index in [9.17, 15) is 13.6 Å². The molecule has 3 fully saturated rings. The predicted octanol–water partition coefficient (Wildman–Crippen LogP) is 9.54. The van der Waals surface area contributed by atoms with Crippen molar-refractivity contribution < 1.29 is 27.4 Å². The molecule has 4 rings (SSSR count). The lowest BCUT2D eigenvalue weighted by molar-refractivity contribution is -0.0441. The third-order valence-corrected chi connectivity index (χ3v) is 9.55. The van der Waals surface area contributed by atoms with Gasteiger partial charge in [-0.25, -0.2) is 18.0 Å². The molecule has 2 aliphatic carbocycles. The second kappa shape index (κ2) is 14.2. The SMILES string of the molecule is CCCCC1CCC(C2CCC(c3ccc(C(=O)OC4CCC(CCC)CC4)c(C(F)F)c3F)CO2)CC1. The summed E-state index contributed by atoms with van der Waals surface area (Å²) in [7, 11) is 0. The fourth-order valence-corrected chi connectivity index (χ4v) is 7.21. The van der Waals surface area contributed by atoms with Gasteiger partial charge in [-0.15, -0.1) is 0 Å². The van der Waals surface area contributed by atoms with Gasteiger partial charge in [0.2, 0.25) is 0 Å². The first-order valence-corrected chi connectivity index (χ1v) is 15.3. The lowest BCUT2D eigenvalue weighted by atomic mass is 9.75. The molecule has 1 aromatic rings. The second-order valence-electron chi connectivity index (χ2n) is 12.1. The Morgan fingerprint density at radius 3 is 2.21 bits per heavy atom. The van der Waals surface area contributed by atoms with Gasteiger partial charge in [0.15, 0.2) is 0 Å². The van der Waals surface area contributed by atoms with Crippen LogP contribution in [0.1, 0.15) is 144 Å². The number of halogens is 3. The third-order valence-electron chi connectivity index (χ3n) is 9.55. The maximum Gasteiger partial charge on any atom is 0.339 e. The fraction of sp³-hybridized carbons (Fsp3) is 0.781. The first-order chi connectivity index (χ1) is 18.4. The van der Waals surface area contributed by atoms with Crippen LogP contribution in [-0.4, -0.2) is 24.8 Å². The van der Waals surface area contributed by atoms with Gasteiger partial charge in [-0.05, 0) is 80.8 Å². The lowest BCUT2D eigenvalue weighted by Crippen LogP contribution is -2.34. The summed E-state index contributed by atoms with van der Waals surface area (Å²) in [5.74, 6) is -0.0519. The normalized spacial score (nSPS) is 30.4. The molecule has 1 heterocycles. The first-order valence-electron chi connectivity index (χ1n) is 15.3. The third kappa shape index (κ3) is 7.34. The van der Waals surface area contributed by atoms with Crippen LogP contribution in [0.2, 0.25) is 0 Å². The van der Waals surface area contributed by atoms with Crippen LogP contribution < -0.4 is 0 Å². The van der Waals surface area contributed by atoms with Crippen molar-refractivity contribution in [3.63, 3.8) is 0 Å². The zero-order chi connectivity index (χ0) is 27.1. The highest BCUT2D eigenvalue weighted by Crippen LogP contribution is 2.41. The van der Waals surface area contributed by atoms with Crippen LogP contribution in [0.3, 0.4) is 0 Å². The molecular formula is C32H47F3O3. The van der Waals surface area contributed by atoms with E-state index in [0.717, 1.165) is 50.9 Å². The number of esters is 1. The number of hydrogen-bond acceptors (Lipinski definition) is 3. The molecule has 2 unspecified atom stereocenters. The number of carbonyl (C=O) groups is 1. The van der Waals surface area contributed by atoms with E-state index in [1.54, 1.807) is 0 Å². The molecule has 1 aromatic carbocycles. The Kier molecular flexibility index (Phi) is 11.0. The van der Waals surface area contributed by atoms with Crippen molar-refractivity contribution in [2.45, 2.75) is 135 Å². The Morgan fingerprint density at radius 1 is 0.921 bits per heavy atom. The Bertz CT molecular complexity index is 880. The van der Waals surface area contributed by atoms with Crippen LogP contribution in [0.15, 0.2) is 12.1 Å². The van der Waals surface area contributed by atoms with E-state index in [4.69, 9.17) is 9.47 Å². The van der Waals surface area contributed by atoms with Crippen LogP contribution in [0.4, 0.5) is 13.2 Å². The molecule has 0 spiro atoms. The van der Waals surface area contributed by atoms with E-state index in [2.05, 4.69) is 13.8 Å². The zero-order valence-electron chi connectivity index (χ0n) is 23.4. The zero-order valence-corrected chi connectivity index (χ0v) is 23.4. The Labute approximate surface area is 227 Å². The quantitative estimate of drug-likeness (QED) is 0.279. The highest BCUT2D eigenvalue weighted by atomic mass is 19.3. The summed E-state index contributed by atoms with van der Waals surface area (Å²) in [6.07, 6.45) is 12.8. The number of rotatable bonds is 10. The monoisotopic (exact) mass is 536 g/mol. The average Bonchev–Trinajstić information content (AvgIpc) is 2.93. The summed E-state index contributed by atoms with van der Waals surface area (Å²) in [4.78, 5) is 12.8. The molecule has 0 N–H and O–H groups in total. The van der Waals surface area contributed by atoms with Gasteiger partial charge < -0.3 is 9.47 Å². The van der Waals surface area contributed by atoms with Crippen LogP contribution in [0, 0.1) is 23.6 Å². The van der Waals surface area contributed by atoms with Crippen molar-refractivity contribution in [2.75, 3.05) is 6.61 Å². The Hall–Kier alpha value is -1.56. The molecular weight excluding hydrogens is 489 g/mol. The van der Waals surface area contributed by atoms with Crippen molar-refractivity contribution in [3.8, 4) is 0 Å². The van der Waals surface area contributed by atoms with Gasteiger partial charge in [0.25, 0.3) is 6.43 Å². The molecule has 2 atom stereocenters. The predicted molar refractivity (Wildman–Crippen MR) is 144 cm³/mol. The molecule has 3 aliphatic rings. The van der Waals surface area contributed by atoms with E-state index < -0.39 is 23.8 Å². The van der Waals surface area contributed by atoms with E-state index in [-0.39, 0.29) is 29.3 Å². The number of benzene rings is 1. The van der Waals surface area contributed by atoms with Crippen molar-refractivity contribution in [1.29, 1.82) is 0 Å². The maximum atomic E-state index is 15.5. The summed E-state index contributed by atoms with van der Waals surface area (Å²) in [6.45, 7) is 4.74. The minimum Gasteiger partial charge on any atom is -0.459 e. The Balaban J connectivity index is 1.34. The molecule has 6 heteroatoms. The summed E-state index contributed by atoms with van der Waals surface area (Å²) in [5.41, 5.74) is -0.926. The summed E-state index contributed by atoms with van der Waals surface area (Å²) >= 11 is 0. The van der Waals surface area contributed by atoms with Gasteiger partial charge in [-0.1, -0.05) is 64.9 Å². The van der Waals surface area contributed by atoms with Crippen LogP contribution in [0.25, 0.3) is 0 Å². The summed E-state index contributed by atoms with van der Waals surface area (Å²) < 4.78 is 55.4. The van der Waals surface area contributed by atoms with Crippen molar-refractivity contribution >= 4 is 5.97 Å². The van der Waals surface area contributed by atoms with Gasteiger partial charge in [-0.2, -0.15) is 0 Å². The van der Waals surface area contributed by atoms with Gasteiger partial charge in [0, 0.05) is 5.92 Å². The summed E-state index contributed by atoms with van der Waals surface area (Å²) in [6, 6.07) is 2.85. The average molecular weight is 537 g/mol. The smallest absolute Gasteiger partial charge is 0.339 e. The van der Waals surface area contributed by atoms with E-state index in [1.807, 2.05) is 0 Å². The highest BCUT2D eigenvalue weighted by molar-refractivity contribution is 5.91. The largest absolute Gasteiger partial charge is 0.459 e. The van der Waals surface area contributed by atoms with Gasteiger partial charge in [0.1, 0.15) is 11.9 Å². The summed E-state index contributed by atoms with van der Waals surface area (Å²) in [5, 5.41) is 0. The fourth-order valence-electron chi connectivity index (χ4n) is 7.21. The van der Waals surface area contributed by atoms with Crippen LogP contribution in [0.5, 0.6) is 0 Å². The van der Waals surface area contributed by atoms with Gasteiger partial charge >= 0.3 is 5.97 Å². The minimum atomic E-state index is -3.09. The van der Waals surface area contributed by atoms with Crippen molar-refractivity contribution in [3.05, 3.63) is 34.6 Å². The lowest BCUT2D eigenvalue weighted by Gasteiger charge is -2.38. The minimum absolute atomic E-state index is 0.178. The van der Waals surface area contributed by atoms with E-state index in [1.165, 1.54) is 57.1 Å². The molecule has 0 amide bonds. The van der Waals surface area contributed by atoms with E-state index in [0.29, 0.717) is 24.9 Å². The second-order valence-corrected chi connectivity index (χ2v) is 12.1. The number of unbranched alkanes of at least 4 members (excludes halogenated alkanes) is 1. The standard InChI is InChI=1S/C32H47F3O3/c1-3-5-7-22-8-12-23(13-9-22)28-19-14-24(20-37-28)26-17-18-27(29(30(26)33)31(34)35)32(36)38-25-15-10-21(6-4-2)11-16-25/h17-18,21-25,28,31H,3-16,19-20H2,1-2H3. The Morgan fingerprint density at radius 2 is 1.61 bits per heavy atom. The molecule has 214 valence electrons. The number of carbonyl (C=O) groups excluding carboxylic acids is 1. The van der Waals surface area contributed by atoms with Crippen LogP contribution in [-0.2, 0) is 9.47 Å². The molecule has 3 nitrogen and oxygen atoms in total.